The van der Waals surface area contributed by atoms with Gasteiger partial charge in [-0.3, -0.25) is 0 Å². The lowest BCUT2D eigenvalue weighted by atomic mass is 10.1. The molecule has 3 heteroatoms. The summed E-state index contributed by atoms with van der Waals surface area (Å²) in [6, 6.07) is 12.3. The first-order chi connectivity index (χ1) is 9.74. The maximum atomic E-state index is 13.1. The molecule has 0 fully saturated rings. The van der Waals surface area contributed by atoms with Crippen LogP contribution in [0, 0.1) is 18.2 Å². The third-order valence-electron chi connectivity index (χ3n) is 3.33. The van der Waals surface area contributed by atoms with E-state index in [0.29, 0.717) is 6.54 Å². The van der Waals surface area contributed by atoms with Crippen molar-refractivity contribution < 1.29 is 9.13 Å². The first-order valence-electron chi connectivity index (χ1n) is 6.50. The van der Waals surface area contributed by atoms with Gasteiger partial charge in [0.25, 0.3) is 0 Å². The zero-order valence-corrected chi connectivity index (χ0v) is 10.9. The predicted molar refractivity (Wildman–Crippen MR) is 77.4 cm³/mol. The third kappa shape index (κ3) is 2.60. The van der Waals surface area contributed by atoms with E-state index in [4.69, 9.17) is 11.2 Å². The Labute approximate surface area is 117 Å². The molecule has 1 unspecified atom stereocenters. The molecule has 1 heterocycles. The zero-order valence-electron chi connectivity index (χ0n) is 10.9. The van der Waals surface area contributed by atoms with E-state index >= 15 is 0 Å². The van der Waals surface area contributed by atoms with Crippen molar-refractivity contribution >= 4 is 5.69 Å². The minimum absolute atomic E-state index is 0.0151. The summed E-state index contributed by atoms with van der Waals surface area (Å²) in [5.41, 5.74) is 2.73. The molecule has 1 atom stereocenters. The van der Waals surface area contributed by atoms with Crippen molar-refractivity contribution in [2.75, 3.05) is 11.9 Å². The minimum atomic E-state index is -0.220. The van der Waals surface area contributed by atoms with Crippen LogP contribution in [-0.2, 0) is 6.42 Å². The van der Waals surface area contributed by atoms with Crippen molar-refractivity contribution in [2.24, 2.45) is 0 Å². The van der Waals surface area contributed by atoms with E-state index in [1.165, 1.54) is 12.1 Å². The van der Waals surface area contributed by atoms with Crippen LogP contribution in [0.15, 0.2) is 42.5 Å². The van der Waals surface area contributed by atoms with E-state index in [-0.39, 0.29) is 11.9 Å². The highest BCUT2D eigenvalue weighted by Crippen LogP contribution is 2.29. The highest BCUT2D eigenvalue weighted by Gasteiger charge is 2.22. The van der Waals surface area contributed by atoms with Crippen molar-refractivity contribution in [3.8, 4) is 18.1 Å². The number of halogens is 1. The summed E-state index contributed by atoms with van der Waals surface area (Å²) in [4.78, 5) is 0. The largest absolute Gasteiger partial charge is 0.488 e. The van der Waals surface area contributed by atoms with E-state index in [0.717, 1.165) is 29.0 Å². The number of rotatable bonds is 3. The fraction of sp³-hybridized carbons (Fsp3) is 0.176. The molecule has 2 nitrogen and oxygen atoms in total. The van der Waals surface area contributed by atoms with Crippen molar-refractivity contribution in [1.29, 1.82) is 0 Å². The van der Waals surface area contributed by atoms with Crippen LogP contribution in [0.4, 0.5) is 10.1 Å². The van der Waals surface area contributed by atoms with Gasteiger partial charge in [-0.25, -0.2) is 4.39 Å². The molecule has 1 aliphatic heterocycles. The first kappa shape index (κ1) is 12.6. The molecule has 3 rings (SSSR count). The molecule has 100 valence electrons. The number of fused-ring (bicyclic) bond motifs is 1. The molecule has 0 radical (unpaired) electrons. The Balaban J connectivity index is 1.62. The Hall–Kier alpha value is -2.47. The molecule has 1 aliphatic rings. The highest BCUT2D eigenvalue weighted by atomic mass is 19.1. The van der Waals surface area contributed by atoms with Gasteiger partial charge in [-0.05, 0) is 36.4 Å². The number of ether oxygens (including phenoxy) is 1. The number of nitrogens with one attached hydrogen (secondary N) is 1. The summed E-state index contributed by atoms with van der Waals surface area (Å²) in [6.45, 7) is 0.657. The predicted octanol–water partition coefficient (Wildman–Crippen LogP) is 3.22. The Morgan fingerprint density at radius 3 is 3.05 bits per heavy atom. The van der Waals surface area contributed by atoms with Gasteiger partial charge in [-0.2, -0.15) is 0 Å². The van der Waals surface area contributed by atoms with Crippen molar-refractivity contribution in [1.82, 2.24) is 0 Å². The molecule has 0 amide bonds. The van der Waals surface area contributed by atoms with Crippen LogP contribution in [0.2, 0.25) is 0 Å². The maximum absolute atomic E-state index is 13.1. The standard InChI is InChI=1S/C17H14FNO/c1-2-12-4-3-5-15(8-12)19-11-16-10-13-9-14(18)6-7-17(13)20-16/h1,3-9,16,19H,10-11H2. The van der Waals surface area contributed by atoms with Crippen LogP contribution in [0.1, 0.15) is 11.1 Å². The summed E-state index contributed by atoms with van der Waals surface area (Å²) in [5.74, 6) is 3.16. The molecule has 0 aromatic heterocycles. The molecule has 0 spiro atoms. The summed E-state index contributed by atoms with van der Waals surface area (Å²) in [7, 11) is 0. The molecule has 0 bridgehead atoms. The molecular weight excluding hydrogens is 253 g/mol. The van der Waals surface area contributed by atoms with Gasteiger partial charge in [0.2, 0.25) is 0 Å². The van der Waals surface area contributed by atoms with Gasteiger partial charge in [0.15, 0.2) is 0 Å². The van der Waals surface area contributed by atoms with Crippen LogP contribution in [0.3, 0.4) is 0 Å². The maximum Gasteiger partial charge on any atom is 0.123 e. The summed E-state index contributed by atoms with van der Waals surface area (Å²) < 4.78 is 18.9. The topological polar surface area (TPSA) is 21.3 Å². The second-order valence-electron chi connectivity index (χ2n) is 4.80. The lowest BCUT2D eigenvalue weighted by Crippen LogP contribution is -2.23. The number of terminal acetylenes is 1. The Kier molecular flexibility index (Phi) is 3.30. The fourth-order valence-corrected chi connectivity index (χ4v) is 2.35. The van der Waals surface area contributed by atoms with Crippen LogP contribution < -0.4 is 10.1 Å². The first-order valence-corrected chi connectivity index (χ1v) is 6.50. The fourth-order valence-electron chi connectivity index (χ4n) is 2.35. The minimum Gasteiger partial charge on any atom is -0.488 e. The monoisotopic (exact) mass is 267 g/mol. The molecule has 20 heavy (non-hydrogen) atoms. The average molecular weight is 267 g/mol. The number of anilines is 1. The molecule has 2 aromatic rings. The van der Waals surface area contributed by atoms with E-state index in [1.807, 2.05) is 24.3 Å². The summed E-state index contributed by atoms with van der Waals surface area (Å²) in [6.07, 6.45) is 6.10. The zero-order chi connectivity index (χ0) is 13.9. The Morgan fingerprint density at radius 1 is 1.30 bits per heavy atom. The van der Waals surface area contributed by atoms with Crippen LogP contribution >= 0.6 is 0 Å². The molecule has 0 aliphatic carbocycles. The number of hydrogen-bond acceptors (Lipinski definition) is 2. The van der Waals surface area contributed by atoms with Gasteiger partial charge < -0.3 is 10.1 Å². The summed E-state index contributed by atoms with van der Waals surface area (Å²) >= 11 is 0. The lowest BCUT2D eigenvalue weighted by molar-refractivity contribution is 0.246. The van der Waals surface area contributed by atoms with Crippen molar-refractivity contribution in [3.05, 3.63) is 59.4 Å². The summed E-state index contributed by atoms with van der Waals surface area (Å²) in [5, 5.41) is 3.30. The van der Waals surface area contributed by atoms with Crippen LogP contribution in [-0.4, -0.2) is 12.6 Å². The highest BCUT2D eigenvalue weighted by molar-refractivity contribution is 5.50. The number of benzene rings is 2. The Morgan fingerprint density at radius 2 is 2.20 bits per heavy atom. The van der Waals surface area contributed by atoms with Gasteiger partial charge in [0.1, 0.15) is 17.7 Å². The average Bonchev–Trinajstić information content (AvgIpc) is 2.87. The smallest absolute Gasteiger partial charge is 0.123 e. The van der Waals surface area contributed by atoms with Crippen molar-refractivity contribution in [3.63, 3.8) is 0 Å². The second-order valence-corrected chi connectivity index (χ2v) is 4.80. The third-order valence-corrected chi connectivity index (χ3v) is 3.33. The lowest BCUT2D eigenvalue weighted by Gasteiger charge is -2.13. The van der Waals surface area contributed by atoms with E-state index in [9.17, 15) is 4.39 Å². The SMILES string of the molecule is C#Cc1cccc(NCC2Cc3cc(F)ccc3O2)c1. The van der Waals surface area contributed by atoms with Crippen LogP contribution in [0.5, 0.6) is 5.75 Å². The quantitative estimate of drug-likeness (QED) is 0.862. The van der Waals surface area contributed by atoms with Gasteiger partial charge >= 0.3 is 0 Å². The van der Waals surface area contributed by atoms with Crippen LogP contribution in [0.25, 0.3) is 0 Å². The van der Waals surface area contributed by atoms with E-state index in [2.05, 4.69) is 11.2 Å². The molecule has 0 saturated heterocycles. The Bertz CT molecular complexity index is 675. The molecule has 0 saturated carbocycles. The molecule has 1 N–H and O–H groups in total. The number of hydrogen-bond donors (Lipinski definition) is 1. The van der Waals surface area contributed by atoms with Gasteiger partial charge in [-0.1, -0.05) is 12.0 Å². The van der Waals surface area contributed by atoms with Gasteiger partial charge in [0, 0.05) is 23.2 Å². The van der Waals surface area contributed by atoms with Gasteiger partial charge in [-0.15, -0.1) is 6.42 Å². The molecule has 2 aromatic carbocycles. The van der Waals surface area contributed by atoms with Crippen molar-refractivity contribution in [2.45, 2.75) is 12.5 Å². The second kappa shape index (κ2) is 5.26. The van der Waals surface area contributed by atoms with Gasteiger partial charge in [0.05, 0.1) is 6.54 Å². The molecular formula is C17H14FNO. The van der Waals surface area contributed by atoms with E-state index in [1.54, 1.807) is 6.07 Å². The normalized spacial score (nSPS) is 16.1. The van der Waals surface area contributed by atoms with E-state index < -0.39 is 0 Å².